The number of halogens is 1. The van der Waals surface area contributed by atoms with Gasteiger partial charge in [0.15, 0.2) is 0 Å². The average molecular weight is 1150 g/mol. The van der Waals surface area contributed by atoms with Crippen LogP contribution in [0.4, 0.5) is 28.4 Å². The quantitative estimate of drug-likeness (QED) is 0.138. The van der Waals surface area contributed by atoms with E-state index in [0.29, 0.717) is 0 Å². The summed E-state index contributed by atoms with van der Waals surface area (Å²) in [6, 6.07) is 91.9. The van der Waals surface area contributed by atoms with Gasteiger partial charge in [0.25, 0.3) is 0 Å². The fraction of sp³-hybridized carbons (Fsp3) is 0.128. The fourth-order valence-electron chi connectivity index (χ4n) is 13.0. The Morgan fingerprint density at radius 3 is 1.17 bits per heavy atom. The Bertz CT molecular complexity index is 4570. The van der Waals surface area contributed by atoms with Crippen LogP contribution in [0, 0.1) is 0 Å². The molecule has 2 aliphatic carbocycles. The number of hydrogen-bond acceptors (Lipinski definition) is 3. The molecule has 2 aliphatic rings. The largest absolute Gasteiger partial charge is 1.00 e. The summed E-state index contributed by atoms with van der Waals surface area (Å²) >= 11 is 3.75. The second-order valence-electron chi connectivity index (χ2n) is 23.9. The first kappa shape index (κ1) is 55.7. The van der Waals surface area contributed by atoms with Gasteiger partial charge in [-0.3, -0.25) is 0 Å². The number of benzene rings is 14. The van der Waals surface area contributed by atoms with Gasteiger partial charge in [-0.15, -0.1) is 5.60 Å². The first-order valence-electron chi connectivity index (χ1n) is 28.5. The molecule has 5 heteroatoms. The zero-order valence-electron chi connectivity index (χ0n) is 48.5. The standard InChI is InChI=1S/C37H27N.C25H17Br.C12H11N.C4H9O.Na/c1-37(2)31-16-10-9-15-28(31)36-30-21-17-24-19-22-33(29-20-18-25(23-32(36)37)35(30)34(24)29)38(26-11-5-3-6-12-26)27-13-7-4-8-14-27;1-25(2)19-6-4-3-5-16(19)24-18-11-7-14-9-12-21(26)17-10-8-15(13-20(24)25)23(18)22(14)17;1-3-7-11(8-4-1)13-12-9-5-2-6-10-12;1-4(2,3)5;/h3-23H,1-2H3;3-13H,1-2H3;1-10,13H;1-3H3;/q;;;-1;+1. The molecule has 0 saturated heterocycles. The monoisotopic (exact) mass is 1150 g/mol. The van der Waals surface area contributed by atoms with Crippen LogP contribution in [0.1, 0.15) is 70.7 Å². The van der Waals surface area contributed by atoms with Gasteiger partial charge in [0.05, 0.1) is 5.69 Å². The fourth-order valence-corrected chi connectivity index (χ4v) is 13.5. The normalized spacial score (nSPS) is 13.2. The smallest absolute Gasteiger partial charge is 0.850 e. The maximum atomic E-state index is 10.1. The third-order valence-electron chi connectivity index (χ3n) is 16.7. The number of rotatable bonds is 5. The van der Waals surface area contributed by atoms with E-state index >= 15 is 0 Å². The summed E-state index contributed by atoms with van der Waals surface area (Å²) in [7, 11) is 0. The van der Waals surface area contributed by atoms with Crippen LogP contribution in [0.3, 0.4) is 0 Å². The first-order chi connectivity index (χ1) is 39.6. The van der Waals surface area contributed by atoms with Crippen LogP contribution in [-0.4, -0.2) is 5.60 Å². The molecule has 0 bridgehead atoms. The molecule has 0 unspecified atom stereocenters. The van der Waals surface area contributed by atoms with E-state index in [1.54, 1.807) is 20.8 Å². The van der Waals surface area contributed by atoms with Crippen LogP contribution in [-0.2, 0) is 10.8 Å². The van der Waals surface area contributed by atoms with E-state index in [1.807, 2.05) is 60.7 Å². The number of nitrogens with one attached hydrogen (secondary N) is 1. The summed E-state index contributed by atoms with van der Waals surface area (Å²) in [5.41, 5.74) is 16.4. The second kappa shape index (κ2) is 22.1. The molecule has 0 saturated carbocycles. The SMILES string of the molecule is CC(C)(C)[O-].CC1(C)c2ccccc2-c2c1cc1ccc3c(Br)ccc4ccc2c1c43.CC1(C)c2ccccc2-c2c1cc1ccc3c(N(c4ccccc4)c4ccccc4)ccc4ccc2c1c43.[Na+].c1ccc(Nc2ccccc2)cc1. The van der Waals surface area contributed by atoms with Crippen LogP contribution in [0.5, 0.6) is 0 Å². The van der Waals surface area contributed by atoms with Crippen LogP contribution >= 0.6 is 15.9 Å². The van der Waals surface area contributed by atoms with Gasteiger partial charge in [-0.25, -0.2) is 0 Å². The Balaban J connectivity index is 0.000000130. The van der Waals surface area contributed by atoms with E-state index in [9.17, 15) is 5.11 Å². The summed E-state index contributed by atoms with van der Waals surface area (Å²) in [4.78, 5) is 2.38. The molecule has 16 rings (SSSR count). The van der Waals surface area contributed by atoms with Crippen LogP contribution < -0.4 is 44.9 Å². The van der Waals surface area contributed by atoms with Gasteiger partial charge in [0.2, 0.25) is 0 Å². The topological polar surface area (TPSA) is 38.3 Å². The van der Waals surface area contributed by atoms with Gasteiger partial charge in [-0.05, 0) is 177 Å². The van der Waals surface area contributed by atoms with E-state index in [1.165, 1.54) is 119 Å². The molecule has 0 aromatic heterocycles. The maximum absolute atomic E-state index is 10.1. The summed E-state index contributed by atoms with van der Waals surface area (Å²) in [5.74, 6) is 0. The molecule has 0 heterocycles. The van der Waals surface area contributed by atoms with E-state index in [-0.39, 0.29) is 40.4 Å². The van der Waals surface area contributed by atoms with Gasteiger partial charge in [0, 0.05) is 43.4 Å². The predicted molar refractivity (Wildman–Crippen MR) is 354 cm³/mol. The summed E-state index contributed by atoms with van der Waals surface area (Å²) < 4.78 is 1.17. The number of hydrogen-bond donors (Lipinski definition) is 1. The van der Waals surface area contributed by atoms with Crippen molar-refractivity contribution in [3.63, 3.8) is 0 Å². The van der Waals surface area contributed by atoms with E-state index < -0.39 is 5.60 Å². The second-order valence-corrected chi connectivity index (χ2v) is 24.7. The van der Waals surface area contributed by atoms with Crippen molar-refractivity contribution < 1.29 is 34.7 Å². The Morgan fingerprint density at radius 2 is 0.711 bits per heavy atom. The van der Waals surface area contributed by atoms with Crippen molar-refractivity contribution in [2.75, 3.05) is 10.2 Å². The van der Waals surface area contributed by atoms with E-state index in [0.717, 1.165) is 22.7 Å². The van der Waals surface area contributed by atoms with Crippen molar-refractivity contribution >= 4 is 109 Å². The van der Waals surface area contributed by atoms with Crippen molar-refractivity contribution in [1.82, 2.24) is 0 Å². The Morgan fingerprint density at radius 1 is 0.373 bits per heavy atom. The van der Waals surface area contributed by atoms with Crippen molar-refractivity contribution in [3.8, 4) is 22.3 Å². The molecular formula is C78H64BrN2NaO. The minimum Gasteiger partial charge on any atom is -0.850 e. The molecule has 83 heavy (non-hydrogen) atoms. The third kappa shape index (κ3) is 10.0. The van der Waals surface area contributed by atoms with Crippen LogP contribution in [0.15, 0.2) is 259 Å². The Labute approximate surface area is 518 Å². The van der Waals surface area contributed by atoms with E-state index in [2.05, 4.69) is 248 Å². The molecule has 3 nitrogen and oxygen atoms in total. The average Bonchev–Trinajstić information content (AvgIpc) is 2.45. The van der Waals surface area contributed by atoms with Gasteiger partial charge in [-0.2, -0.15) is 0 Å². The number of nitrogens with zero attached hydrogens (tertiary/aromatic N) is 1. The van der Waals surface area contributed by atoms with Crippen molar-refractivity contribution in [2.45, 2.75) is 64.9 Å². The zero-order chi connectivity index (χ0) is 56.5. The van der Waals surface area contributed by atoms with Gasteiger partial charge in [-0.1, -0.05) is 246 Å². The van der Waals surface area contributed by atoms with Crippen LogP contribution in [0.25, 0.3) is 86.9 Å². The predicted octanol–water partition coefficient (Wildman–Crippen LogP) is 18.6. The van der Waals surface area contributed by atoms with Crippen molar-refractivity contribution in [2.24, 2.45) is 0 Å². The molecule has 1 N–H and O–H groups in total. The zero-order valence-corrected chi connectivity index (χ0v) is 52.1. The minimum absolute atomic E-state index is 0. The third-order valence-corrected chi connectivity index (χ3v) is 17.4. The molecule has 14 aromatic rings. The molecule has 0 spiro atoms. The van der Waals surface area contributed by atoms with Crippen molar-refractivity contribution in [1.29, 1.82) is 0 Å². The Kier molecular flexibility index (Phi) is 14.8. The molecule has 0 aliphatic heterocycles. The summed E-state index contributed by atoms with van der Waals surface area (Å²) in [5, 5.41) is 29.5. The molecule has 0 fully saturated rings. The summed E-state index contributed by atoms with van der Waals surface area (Å²) in [6.07, 6.45) is 0. The molecule has 0 radical (unpaired) electrons. The first-order valence-corrected chi connectivity index (χ1v) is 29.3. The van der Waals surface area contributed by atoms with E-state index in [4.69, 9.17) is 0 Å². The molecule has 0 atom stereocenters. The van der Waals surface area contributed by atoms with Gasteiger partial charge < -0.3 is 15.3 Å². The summed E-state index contributed by atoms with van der Waals surface area (Å²) in [6.45, 7) is 14.3. The Hall–Kier alpha value is -7.80. The number of para-hydroxylation sites is 4. The van der Waals surface area contributed by atoms with Crippen LogP contribution in [0.2, 0.25) is 0 Å². The molecular weight excluding hydrogens is 1080 g/mol. The van der Waals surface area contributed by atoms with Gasteiger partial charge in [0.1, 0.15) is 0 Å². The van der Waals surface area contributed by atoms with Crippen molar-refractivity contribution in [3.05, 3.63) is 282 Å². The molecule has 14 aromatic carbocycles. The number of anilines is 5. The minimum atomic E-state index is -0.750. The maximum Gasteiger partial charge on any atom is 1.00 e. The molecule has 400 valence electrons. The molecule has 0 amide bonds. The van der Waals surface area contributed by atoms with Gasteiger partial charge >= 0.3 is 29.6 Å². The number of fused-ring (bicyclic) bond motifs is 8.